The summed E-state index contributed by atoms with van der Waals surface area (Å²) in [7, 11) is 0. The van der Waals surface area contributed by atoms with E-state index >= 15 is 0 Å². The molecule has 0 spiro atoms. The van der Waals surface area contributed by atoms with Gasteiger partial charge in [-0.2, -0.15) is 0 Å². The zero-order valence-corrected chi connectivity index (χ0v) is 10.5. The molecule has 0 heterocycles. The Morgan fingerprint density at radius 3 is 2.82 bits per heavy atom. The van der Waals surface area contributed by atoms with Gasteiger partial charge in [0.15, 0.2) is 0 Å². The Balaban J connectivity index is 2.45. The Bertz CT molecular complexity index is 292. The van der Waals surface area contributed by atoms with E-state index in [0.29, 0.717) is 13.0 Å². The molecule has 2 unspecified atom stereocenters. The minimum Gasteiger partial charge on any atom is -0.481 e. The van der Waals surface area contributed by atoms with Crippen molar-refractivity contribution >= 4 is 11.9 Å². The fourth-order valence-corrected chi connectivity index (χ4v) is 2.20. The topological polar surface area (TPSA) is 75.6 Å². The van der Waals surface area contributed by atoms with Crippen LogP contribution in [0.1, 0.15) is 39.5 Å². The molecule has 98 valence electrons. The molecule has 5 nitrogen and oxygen atoms in total. The van der Waals surface area contributed by atoms with Gasteiger partial charge in [0.2, 0.25) is 5.91 Å². The van der Waals surface area contributed by atoms with Crippen LogP contribution < -0.4 is 5.32 Å². The summed E-state index contributed by atoms with van der Waals surface area (Å²) in [4.78, 5) is 22.7. The molecule has 5 heteroatoms. The lowest BCUT2D eigenvalue weighted by atomic mass is 9.85. The van der Waals surface area contributed by atoms with Gasteiger partial charge in [-0.05, 0) is 26.2 Å². The lowest BCUT2D eigenvalue weighted by molar-refractivity contribution is -0.149. The van der Waals surface area contributed by atoms with E-state index in [-0.39, 0.29) is 18.6 Å². The monoisotopic (exact) mass is 243 g/mol. The standard InChI is InChI=1S/C12H21NO4/c1-3-7-17-8-10(14)13-9-5-4-6-12(9,2)11(15)16/h9H,3-8H2,1-2H3,(H,13,14)(H,15,16). The third-order valence-corrected chi connectivity index (χ3v) is 3.36. The number of nitrogens with one attached hydrogen (secondary N) is 1. The first kappa shape index (κ1) is 14.0. The molecule has 0 aromatic carbocycles. The average molecular weight is 243 g/mol. The van der Waals surface area contributed by atoms with Gasteiger partial charge in [-0.3, -0.25) is 9.59 Å². The van der Waals surface area contributed by atoms with Crippen LogP contribution in [0.4, 0.5) is 0 Å². The van der Waals surface area contributed by atoms with Crippen molar-refractivity contribution in [3.8, 4) is 0 Å². The number of hydrogen-bond acceptors (Lipinski definition) is 3. The SMILES string of the molecule is CCCOCC(=O)NC1CCCC1(C)C(=O)O. The maximum absolute atomic E-state index is 11.6. The predicted molar refractivity (Wildman–Crippen MR) is 62.6 cm³/mol. The number of ether oxygens (including phenoxy) is 1. The van der Waals surface area contributed by atoms with Crippen molar-refractivity contribution < 1.29 is 19.4 Å². The summed E-state index contributed by atoms with van der Waals surface area (Å²) in [6.45, 7) is 4.23. The van der Waals surface area contributed by atoms with Gasteiger partial charge in [0, 0.05) is 12.6 Å². The minimum absolute atomic E-state index is 0.0139. The van der Waals surface area contributed by atoms with Gasteiger partial charge in [-0.25, -0.2) is 0 Å². The van der Waals surface area contributed by atoms with Crippen LogP contribution in [0, 0.1) is 5.41 Å². The third-order valence-electron chi connectivity index (χ3n) is 3.36. The first-order valence-electron chi connectivity index (χ1n) is 6.11. The fourth-order valence-electron chi connectivity index (χ4n) is 2.20. The first-order valence-corrected chi connectivity index (χ1v) is 6.11. The second-order valence-electron chi connectivity index (χ2n) is 4.79. The van der Waals surface area contributed by atoms with Crippen LogP contribution in [0.3, 0.4) is 0 Å². The zero-order chi connectivity index (χ0) is 12.9. The van der Waals surface area contributed by atoms with E-state index in [9.17, 15) is 14.7 Å². The molecule has 17 heavy (non-hydrogen) atoms. The van der Waals surface area contributed by atoms with Gasteiger partial charge in [0.05, 0.1) is 5.41 Å². The maximum atomic E-state index is 11.6. The van der Waals surface area contributed by atoms with Gasteiger partial charge in [0.1, 0.15) is 6.61 Å². The molecule has 0 aromatic heterocycles. The molecule has 1 rings (SSSR count). The van der Waals surface area contributed by atoms with Crippen LogP contribution in [-0.4, -0.2) is 36.2 Å². The van der Waals surface area contributed by atoms with Crippen LogP contribution in [-0.2, 0) is 14.3 Å². The van der Waals surface area contributed by atoms with E-state index in [1.807, 2.05) is 6.92 Å². The highest BCUT2D eigenvalue weighted by atomic mass is 16.5. The molecule has 1 saturated carbocycles. The van der Waals surface area contributed by atoms with Crippen LogP contribution in [0.5, 0.6) is 0 Å². The van der Waals surface area contributed by atoms with Crippen LogP contribution in [0.2, 0.25) is 0 Å². The molecular formula is C12H21NO4. The molecule has 0 radical (unpaired) electrons. The highest BCUT2D eigenvalue weighted by Crippen LogP contribution is 2.38. The molecule has 1 amide bonds. The molecule has 0 aliphatic heterocycles. The Morgan fingerprint density at radius 2 is 2.24 bits per heavy atom. The summed E-state index contributed by atoms with van der Waals surface area (Å²) in [6.07, 6.45) is 3.04. The molecule has 0 saturated heterocycles. The summed E-state index contributed by atoms with van der Waals surface area (Å²) >= 11 is 0. The number of hydrogen-bond donors (Lipinski definition) is 2. The second-order valence-corrected chi connectivity index (χ2v) is 4.79. The fraction of sp³-hybridized carbons (Fsp3) is 0.833. The van der Waals surface area contributed by atoms with Crippen LogP contribution in [0.25, 0.3) is 0 Å². The van der Waals surface area contributed by atoms with Crippen molar-refractivity contribution in [3.63, 3.8) is 0 Å². The predicted octanol–water partition coefficient (Wildman–Crippen LogP) is 1.17. The highest BCUT2D eigenvalue weighted by molar-refractivity contribution is 5.80. The number of carboxylic acids is 1. The second kappa shape index (κ2) is 6.00. The van der Waals surface area contributed by atoms with Crippen LogP contribution >= 0.6 is 0 Å². The third kappa shape index (κ3) is 3.43. The van der Waals surface area contributed by atoms with E-state index in [4.69, 9.17) is 4.74 Å². The smallest absolute Gasteiger partial charge is 0.311 e. The van der Waals surface area contributed by atoms with Crippen molar-refractivity contribution in [2.24, 2.45) is 5.41 Å². The highest BCUT2D eigenvalue weighted by Gasteiger charge is 2.45. The molecule has 1 fully saturated rings. The molecule has 1 aliphatic rings. The number of rotatable bonds is 6. The summed E-state index contributed by atoms with van der Waals surface area (Å²) in [5.74, 6) is -1.06. The Labute approximate surface area is 102 Å². The lowest BCUT2D eigenvalue weighted by Crippen LogP contribution is -2.48. The molecule has 2 N–H and O–H groups in total. The van der Waals surface area contributed by atoms with Crippen molar-refractivity contribution in [3.05, 3.63) is 0 Å². The van der Waals surface area contributed by atoms with Crippen molar-refractivity contribution in [1.29, 1.82) is 0 Å². The van der Waals surface area contributed by atoms with Gasteiger partial charge in [-0.15, -0.1) is 0 Å². The van der Waals surface area contributed by atoms with Crippen molar-refractivity contribution in [2.45, 2.75) is 45.6 Å². The molecule has 2 atom stereocenters. The summed E-state index contributed by atoms with van der Waals surface area (Å²) in [6, 6.07) is -0.280. The largest absolute Gasteiger partial charge is 0.481 e. The lowest BCUT2D eigenvalue weighted by Gasteiger charge is -2.27. The van der Waals surface area contributed by atoms with E-state index in [1.165, 1.54) is 0 Å². The summed E-state index contributed by atoms with van der Waals surface area (Å²) in [5.41, 5.74) is -0.833. The number of amides is 1. The van der Waals surface area contributed by atoms with E-state index in [2.05, 4.69) is 5.32 Å². The van der Waals surface area contributed by atoms with Crippen molar-refractivity contribution in [2.75, 3.05) is 13.2 Å². The van der Waals surface area contributed by atoms with Gasteiger partial charge < -0.3 is 15.2 Å². The zero-order valence-electron chi connectivity index (χ0n) is 10.5. The van der Waals surface area contributed by atoms with Gasteiger partial charge >= 0.3 is 5.97 Å². The quantitative estimate of drug-likeness (QED) is 0.687. The normalized spacial score (nSPS) is 28.0. The molecule has 0 aromatic rings. The van der Waals surface area contributed by atoms with E-state index in [1.54, 1.807) is 6.92 Å². The molecular weight excluding hydrogens is 222 g/mol. The maximum Gasteiger partial charge on any atom is 0.311 e. The molecule has 0 bridgehead atoms. The number of carbonyl (C=O) groups is 2. The van der Waals surface area contributed by atoms with Gasteiger partial charge in [-0.1, -0.05) is 13.3 Å². The summed E-state index contributed by atoms with van der Waals surface area (Å²) < 4.78 is 5.12. The molecule has 1 aliphatic carbocycles. The number of carboxylic acid groups (broad SMARTS) is 1. The Hall–Kier alpha value is -1.10. The minimum atomic E-state index is -0.838. The van der Waals surface area contributed by atoms with Gasteiger partial charge in [0.25, 0.3) is 0 Å². The van der Waals surface area contributed by atoms with Crippen LogP contribution in [0.15, 0.2) is 0 Å². The average Bonchev–Trinajstić information content (AvgIpc) is 2.62. The first-order chi connectivity index (χ1) is 8.00. The number of aliphatic carboxylic acids is 1. The number of carbonyl (C=O) groups excluding carboxylic acids is 1. The van der Waals surface area contributed by atoms with Crippen molar-refractivity contribution in [1.82, 2.24) is 5.32 Å². The van der Waals surface area contributed by atoms with E-state index < -0.39 is 11.4 Å². The Morgan fingerprint density at radius 1 is 1.53 bits per heavy atom. The van der Waals surface area contributed by atoms with E-state index in [0.717, 1.165) is 19.3 Å². The Kier molecular flexibility index (Phi) is 4.93. The summed E-state index contributed by atoms with van der Waals surface area (Å²) in [5, 5.41) is 12.0.